The number of unbranched alkanes of at least 4 members (excludes halogenated alkanes) is 1. The van der Waals surface area contributed by atoms with Crippen LogP contribution in [0.1, 0.15) is 19.8 Å². The van der Waals surface area contributed by atoms with Crippen LogP contribution < -0.4 is 16.2 Å². The summed E-state index contributed by atoms with van der Waals surface area (Å²) in [7, 11) is 1.71. The lowest BCUT2D eigenvalue weighted by Gasteiger charge is -2.19. The van der Waals surface area contributed by atoms with Crippen LogP contribution in [0.4, 0.5) is 20.4 Å². The number of nitrogens with one attached hydrogen (secondary N) is 1. The number of nitrogens with zero attached hydrogens (tertiary/aromatic N) is 2. The molecule has 1 rings (SSSR count). The van der Waals surface area contributed by atoms with Crippen molar-refractivity contribution < 1.29 is 8.78 Å². The third-order valence-corrected chi connectivity index (χ3v) is 2.26. The van der Waals surface area contributed by atoms with E-state index in [0.717, 1.165) is 18.9 Å². The highest BCUT2D eigenvalue weighted by Gasteiger charge is 2.14. The molecule has 1 heterocycles. The van der Waals surface area contributed by atoms with E-state index < -0.39 is 11.6 Å². The molecule has 1 aromatic heterocycles. The minimum Gasteiger partial charge on any atom is -0.357 e. The maximum atomic E-state index is 13.4. The van der Waals surface area contributed by atoms with E-state index in [1.54, 1.807) is 11.9 Å². The van der Waals surface area contributed by atoms with Gasteiger partial charge in [0.2, 0.25) is 0 Å². The summed E-state index contributed by atoms with van der Waals surface area (Å²) in [6.45, 7) is 2.70. The van der Waals surface area contributed by atoms with Gasteiger partial charge in [-0.2, -0.15) is 0 Å². The molecular weight excluding hydrogens is 214 g/mol. The van der Waals surface area contributed by atoms with Gasteiger partial charge in [0.05, 0.1) is 0 Å². The van der Waals surface area contributed by atoms with E-state index in [9.17, 15) is 8.78 Å². The highest BCUT2D eigenvalue weighted by atomic mass is 19.1. The molecule has 0 fully saturated rings. The maximum absolute atomic E-state index is 13.4. The first-order valence-electron chi connectivity index (χ1n) is 5.14. The van der Waals surface area contributed by atoms with Crippen LogP contribution in [0.15, 0.2) is 6.07 Å². The van der Waals surface area contributed by atoms with Crippen molar-refractivity contribution in [3.8, 4) is 0 Å². The van der Waals surface area contributed by atoms with Gasteiger partial charge in [-0.05, 0) is 6.42 Å². The predicted octanol–water partition coefficient (Wildman–Crippen LogP) is 1.88. The molecule has 90 valence electrons. The first-order chi connectivity index (χ1) is 7.60. The molecular formula is C10H16F2N4. The van der Waals surface area contributed by atoms with Crippen LogP contribution in [-0.4, -0.2) is 18.6 Å². The van der Waals surface area contributed by atoms with E-state index in [4.69, 9.17) is 5.84 Å². The van der Waals surface area contributed by atoms with Crippen molar-refractivity contribution in [2.24, 2.45) is 5.84 Å². The summed E-state index contributed by atoms with van der Waals surface area (Å²) in [6.07, 6.45) is 1.91. The molecule has 6 heteroatoms. The van der Waals surface area contributed by atoms with Crippen molar-refractivity contribution in [2.45, 2.75) is 19.8 Å². The highest BCUT2D eigenvalue weighted by molar-refractivity contribution is 5.48. The van der Waals surface area contributed by atoms with Crippen LogP contribution in [0.3, 0.4) is 0 Å². The van der Waals surface area contributed by atoms with E-state index in [0.29, 0.717) is 6.54 Å². The summed E-state index contributed by atoms with van der Waals surface area (Å²) in [4.78, 5) is 5.42. The highest BCUT2D eigenvalue weighted by Crippen LogP contribution is 2.21. The normalized spacial score (nSPS) is 10.3. The Morgan fingerprint density at radius 1 is 1.44 bits per heavy atom. The van der Waals surface area contributed by atoms with Gasteiger partial charge < -0.3 is 10.3 Å². The lowest BCUT2D eigenvalue weighted by molar-refractivity contribution is 0.571. The van der Waals surface area contributed by atoms with Crippen LogP contribution in [0.5, 0.6) is 0 Å². The lowest BCUT2D eigenvalue weighted by atomic mass is 10.3. The molecule has 0 atom stereocenters. The van der Waals surface area contributed by atoms with Crippen molar-refractivity contribution in [2.75, 3.05) is 23.9 Å². The summed E-state index contributed by atoms with van der Waals surface area (Å²) in [5.74, 6) is 3.54. The second-order valence-electron chi connectivity index (χ2n) is 3.54. The van der Waals surface area contributed by atoms with Crippen LogP contribution >= 0.6 is 0 Å². The fourth-order valence-electron chi connectivity index (χ4n) is 1.33. The number of rotatable bonds is 5. The Morgan fingerprint density at radius 2 is 2.12 bits per heavy atom. The average Bonchev–Trinajstić information content (AvgIpc) is 2.26. The van der Waals surface area contributed by atoms with Crippen molar-refractivity contribution in [3.05, 3.63) is 17.7 Å². The number of aromatic nitrogens is 1. The first kappa shape index (κ1) is 12.6. The smallest absolute Gasteiger partial charge is 0.178 e. The van der Waals surface area contributed by atoms with Crippen molar-refractivity contribution in [3.63, 3.8) is 0 Å². The minimum atomic E-state index is -0.798. The van der Waals surface area contributed by atoms with Crippen LogP contribution in [0.2, 0.25) is 0 Å². The van der Waals surface area contributed by atoms with E-state index in [-0.39, 0.29) is 11.6 Å². The molecule has 0 aliphatic carbocycles. The van der Waals surface area contributed by atoms with Gasteiger partial charge in [0.15, 0.2) is 23.3 Å². The third-order valence-electron chi connectivity index (χ3n) is 2.26. The van der Waals surface area contributed by atoms with Gasteiger partial charge in [-0.1, -0.05) is 13.3 Å². The predicted molar refractivity (Wildman–Crippen MR) is 60.1 cm³/mol. The number of halogens is 2. The zero-order valence-corrected chi connectivity index (χ0v) is 9.43. The molecule has 1 aromatic rings. The maximum Gasteiger partial charge on any atom is 0.178 e. The topological polar surface area (TPSA) is 54.2 Å². The average molecular weight is 230 g/mol. The molecule has 0 amide bonds. The number of hydrazine groups is 1. The van der Waals surface area contributed by atoms with Gasteiger partial charge >= 0.3 is 0 Å². The van der Waals surface area contributed by atoms with E-state index in [1.807, 2.05) is 6.92 Å². The minimum absolute atomic E-state index is 0.0998. The second kappa shape index (κ2) is 5.60. The molecule has 0 aliphatic rings. The Labute approximate surface area is 93.4 Å². The SMILES string of the molecule is CCCCN(C)c1nc(NN)c(F)cc1F. The largest absolute Gasteiger partial charge is 0.357 e. The summed E-state index contributed by atoms with van der Waals surface area (Å²) in [6, 6.07) is 0.778. The summed E-state index contributed by atoms with van der Waals surface area (Å²) >= 11 is 0. The molecule has 0 unspecified atom stereocenters. The van der Waals surface area contributed by atoms with Crippen molar-refractivity contribution in [1.29, 1.82) is 0 Å². The molecule has 0 saturated carbocycles. The first-order valence-corrected chi connectivity index (χ1v) is 5.14. The van der Waals surface area contributed by atoms with Gasteiger partial charge in [0, 0.05) is 19.7 Å². The van der Waals surface area contributed by atoms with Gasteiger partial charge in [-0.15, -0.1) is 0 Å². The number of nitrogen functional groups attached to an aromatic ring is 1. The lowest BCUT2D eigenvalue weighted by Crippen LogP contribution is -2.22. The third kappa shape index (κ3) is 2.79. The standard InChI is InChI=1S/C10H16F2N4/c1-3-4-5-16(2)10-8(12)6-7(11)9(14-10)15-13/h6H,3-5,13H2,1-2H3,(H,14,15). The fourth-order valence-corrected chi connectivity index (χ4v) is 1.33. The Hall–Kier alpha value is -1.43. The molecule has 4 nitrogen and oxygen atoms in total. The Balaban J connectivity index is 2.94. The molecule has 0 bridgehead atoms. The molecule has 3 N–H and O–H groups in total. The molecule has 0 radical (unpaired) electrons. The van der Waals surface area contributed by atoms with Gasteiger partial charge in [-0.3, -0.25) is 0 Å². The van der Waals surface area contributed by atoms with Gasteiger partial charge in [0.25, 0.3) is 0 Å². The zero-order valence-electron chi connectivity index (χ0n) is 9.43. The molecule has 0 aromatic carbocycles. The Bertz CT molecular complexity index is 357. The van der Waals surface area contributed by atoms with Crippen molar-refractivity contribution in [1.82, 2.24) is 4.98 Å². The van der Waals surface area contributed by atoms with Crippen LogP contribution in [0.25, 0.3) is 0 Å². The second-order valence-corrected chi connectivity index (χ2v) is 3.54. The van der Waals surface area contributed by atoms with Crippen LogP contribution in [-0.2, 0) is 0 Å². The van der Waals surface area contributed by atoms with E-state index in [2.05, 4.69) is 10.4 Å². The van der Waals surface area contributed by atoms with E-state index >= 15 is 0 Å². The summed E-state index contributed by atoms with van der Waals surface area (Å²) in [5, 5.41) is 0. The molecule has 0 aliphatic heterocycles. The van der Waals surface area contributed by atoms with Crippen molar-refractivity contribution >= 4 is 11.6 Å². The van der Waals surface area contributed by atoms with Gasteiger partial charge in [-0.25, -0.2) is 19.6 Å². The molecule has 16 heavy (non-hydrogen) atoms. The number of pyridine rings is 1. The number of anilines is 2. The summed E-state index contributed by atoms with van der Waals surface area (Å²) < 4.78 is 26.5. The van der Waals surface area contributed by atoms with Crippen LogP contribution in [0, 0.1) is 11.6 Å². The summed E-state index contributed by atoms with van der Waals surface area (Å²) in [5.41, 5.74) is 2.09. The van der Waals surface area contributed by atoms with E-state index in [1.165, 1.54) is 0 Å². The Kier molecular flexibility index (Phi) is 4.42. The quantitative estimate of drug-likeness (QED) is 0.599. The fraction of sp³-hybridized carbons (Fsp3) is 0.500. The number of nitrogens with two attached hydrogens (primary N) is 1. The Morgan fingerprint density at radius 3 is 2.69 bits per heavy atom. The number of hydrogen-bond donors (Lipinski definition) is 2. The molecule has 0 spiro atoms. The molecule has 0 saturated heterocycles. The zero-order chi connectivity index (χ0) is 12.1. The number of hydrogen-bond acceptors (Lipinski definition) is 4. The monoisotopic (exact) mass is 230 g/mol. The van der Waals surface area contributed by atoms with Gasteiger partial charge in [0.1, 0.15) is 0 Å².